The molecule has 0 heterocycles. The van der Waals surface area contributed by atoms with E-state index in [1.807, 2.05) is 6.92 Å². The van der Waals surface area contributed by atoms with Crippen molar-refractivity contribution in [3.8, 4) is 6.07 Å². The Hall–Kier alpha value is -0.870. The van der Waals surface area contributed by atoms with Crippen molar-refractivity contribution in [1.29, 1.82) is 5.26 Å². The van der Waals surface area contributed by atoms with Gasteiger partial charge >= 0.3 is 7.60 Å². The first-order valence-corrected chi connectivity index (χ1v) is 7.89. The molecule has 0 aromatic heterocycles. The van der Waals surface area contributed by atoms with Gasteiger partial charge in [0.15, 0.2) is 4.90 Å². The number of rotatable bonds is 5. The maximum atomic E-state index is 12.1. The molecule has 1 unspecified atom stereocenters. The van der Waals surface area contributed by atoms with E-state index in [2.05, 4.69) is 0 Å². The number of hydrogen-bond donors (Lipinski definition) is 2. The third-order valence-corrected chi connectivity index (χ3v) is 4.35. The Bertz CT molecular complexity index is 482. The van der Waals surface area contributed by atoms with E-state index >= 15 is 0 Å². The van der Waals surface area contributed by atoms with Gasteiger partial charge in [-0.3, -0.25) is 4.57 Å². The molecule has 0 spiro atoms. The van der Waals surface area contributed by atoms with E-state index in [0.717, 1.165) is 9.87 Å². The molecule has 0 aliphatic rings. The average Bonchev–Trinajstić information content (AvgIpc) is 2.27. The van der Waals surface area contributed by atoms with Crippen molar-refractivity contribution >= 4 is 19.0 Å². The molecule has 6 nitrogen and oxygen atoms in total. The van der Waals surface area contributed by atoms with Gasteiger partial charge in [0.05, 0.1) is 17.4 Å². The van der Waals surface area contributed by atoms with Crippen LogP contribution in [0.3, 0.4) is 0 Å². The molecule has 1 rings (SSSR count). The first kappa shape index (κ1) is 15.2. The Labute approximate surface area is 108 Å². The second kappa shape index (κ2) is 6.34. The van der Waals surface area contributed by atoms with Gasteiger partial charge in [-0.05, 0) is 19.1 Å². The van der Waals surface area contributed by atoms with E-state index in [0.29, 0.717) is 4.90 Å². The van der Waals surface area contributed by atoms with E-state index in [4.69, 9.17) is 15.0 Å². The van der Waals surface area contributed by atoms with Crippen molar-refractivity contribution in [2.45, 2.75) is 11.8 Å². The largest absolute Gasteiger partial charge is 0.593 e. The minimum Gasteiger partial charge on any atom is -0.593 e. The number of nitrogens with zero attached hydrogens (tertiary/aromatic N) is 2. The Morgan fingerprint density at radius 2 is 2.00 bits per heavy atom. The summed E-state index contributed by atoms with van der Waals surface area (Å²) in [4.78, 5) is 18.2. The van der Waals surface area contributed by atoms with Crippen molar-refractivity contribution in [3.63, 3.8) is 0 Å². The van der Waals surface area contributed by atoms with Gasteiger partial charge < -0.3 is 14.3 Å². The van der Waals surface area contributed by atoms with E-state index in [-0.39, 0.29) is 6.54 Å². The summed E-state index contributed by atoms with van der Waals surface area (Å²) in [6, 6.07) is 8.45. The van der Waals surface area contributed by atoms with Crippen LogP contribution in [0.25, 0.3) is 0 Å². The second-order valence-corrected chi connectivity index (χ2v) is 6.76. The molecule has 98 valence electrons. The summed E-state index contributed by atoms with van der Waals surface area (Å²) >= 11 is -1.76. The van der Waals surface area contributed by atoms with E-state index in [9.17, 15) is 9.12 Å². The van der Waals surface area contributed by atoms with Crippen LogP contribution in [0.2, 0.25) is 0 Å². The Kier molecular flexibility index (Phi) is 5.35. The number of hydrogen-bond acceptors (Lipinski definition) is 4. The normalized spacial score (nSPS) is 13.3. The van der Waals surface area contributed by atoms with Crippen LogP contribution < -0.4 is 0 Å². The predicted molar refractivity (Wildman–Crippen MR) is 66.8 cm³/mol. The summed E-state index contributed by atoms with van der Waals surface area (Å²) in [6.45, 7) is 1.56. The summed E-state index contributed by atoms with van der Waals surface area (Å²) in [5.74, 6) is 0. The zero-order valence-electron chi connectivity index (χ0n) is 9.68. The van der Waals surface area contributed by atoms with Gasteiger partial charge in [0.1, 0.15) is 12.8 Å². The van der Waals surface area contributed by atoms with Crippen LogP contribution in [0.15, 0.2) is 29.2 Å². The molecule has 0 aliphatic heterocycles. The maximum absolute atomic E-state index is 12.1. The van der Waals surface area contributed by atoms with E-state index in [1.54, 1.807) is 30.3 Å². The van der Waals surface area contributed by atoms with Crippen molar-refractivity contribution in [1.82, 2.24) is 4.31 Å². The fraction of sp³-hybridized carbons (Fsp3) is 0.300. The first-order chi connectivity index (χ1) is 8.33. The standard InChI is InChI=1S/C10H13N2O4PS/c1-9-2-4-10(5-3-9)18(16)12(7-6-11)8-17(13,14)15/h2-5H,7-8H2,1H3,(H2,13,14,15). The molecule has 0 fully saturated rings. The second-order valence-electron chi connectivity index (χ2n) is 3.67. The molecule has 0 amide bonds. The highest BCUT2D eigenvalue weighted by Crippen LogP contribution is 2.36. The van der Waals surface area contributed by atoms with Crippen LogP contribution in [0.1, 0.15) is 5.56 Å². The summed E-state index contributed by atoms with van der Waals surface area (Å²) < 4.78 is 23.9. The zero-order valence-corrected chi connectivity index (χ0v) is 11.4. The number of aryl methyl sites for hydroxylation is 1. The lowest BCUT2D eigenvalue weighted by molar-refractivity contribution is 0.349. The van der Waals surface area contributed by atoms with Crippen LogP contribution in [-0.2, 0) is 15.9 Å². The third kappa shape index (κ3) is 4.78. The van der Waals surface area contributed by atoms with Gasteiger partial charge in [-0.25, -0.2) is 0 Å². The maximum Gasteiger partial charge on any atom is 0.344 e. The quantitative estimate of drug-likeness (QED) is 0.475. The van der Waals surface area contributed by atoms with Gasteiger partial charge in [-0.15, -0.1) is 0 Å². The molecule has 8 heteroatoms. The fourth-order valence-corrected chi connectivity index (χ4v) is 3.47. The average molecular weight is 288 g/mol. The monoisotopic (exact) mass is 288 g/mol. The van der Waals surface area contributed by atoms with Crippen LogP contribution in [0, 0.1) is 18.3 Å². The highest BCUT2D eigenvalue weighted by Gasteiger charge is 2.29. The van der Waals surface area contributed by atoms with Gasteiger partial charge in [-0.1, -0.05) is 22.0 Å². The van der Waals surface area contributed by atoms with Crippen molar-refractivity contribution in [2.24, 2.45) is 0 Å². The predicted octanol–water partition coefficient (Wildman–Crippen LogP) is 0.978. The molecule has 18 heavy (non-hydrogen) atoms. The first-order valence-electron chi connectivity index (χ1n) is 4.98. The van der Waals surface area contributed by atoms with Crippen molar-refractivity contribution in [3.05, 3.63) is 29.8 Å². The van der Waals surface area contributed by atoms with Crippen LogP contribution in [0.5, 0.6) is 0 Å². The Morgan fingerprint density at radius 3 is 2.44 bits per heavy atom. The summed E-state index contributed by atoms with van der Waals surface area (Å²) in [5.41, 5.74) is 0.984. The summed E-state index contributed by atoms with van der Waals surface area (Å²) in [5, 5.41) is 8.59. The van der Waals surface area contributed by atoms with Crippen LogP contribution >= 0.6 is 7.60 Å². The van der Waals surface area contributed by atoms with Gasteiger partial charge in [0.2, 0.25) is 0 Å². The molecule has 0 saturated heterocycles. The Balaban J connectivity index is 2.89. The lowest BCUT2D eigenvalue weighted by Crippen LogP contribution is -2.32. The Morgan fingerprint density at radius 1 is 1.44 bits per heavy atom. The molecule has 2 N–H and O–H groups in total. The molecule has 1 aromatic carbocycles. The molecule has 0 saturated carbocycles. The van der Waals surface area contributed by atoms with Crippen LogP contribution in [0.4, 0.5) is 0 Å². The smallest absolute Gasteiger partial charge is 0.344 e. The fourth-order valence-electron chi connectivity index (χ4n) is 1.25. The molecule has 0 bridgehead atoms. The lowest BCUT2D eigenvalue weighted by atomic mass is 10.2. The molecule has 0 radical (unpaired) electrons. The summed E-state index contributed by atoms with van der Waals surface area (Å²) in [7, 11) is -4.35. The molecular formula is C10H13N2O4PS. The highest BCUT2D eigenvalue weighted by molar-refractivity contribution is 7.89. The van der Waals surface area contributed by atoms with E-state index in [1.165, 1.54) is 0 Å². The SMILES string of the molecule is Cc1ccc([S+]([O-])N(CC#N)CP(=O)(O)O)cc1. The van der Waals surface area contributed by atoms with Crippen molar-refractivity contribution < 1.29 is 18.9 Å². The minimum absolute atomic E-state index is 0.314. The van der Waals surface area contributed by atoms with Crippen LogP contribution in [-0.4, -0.2) is 31.5 Å². The minimum atomic E-state index is -4.35. The summed E-state index contributed by atoms with van der Waals surface area (Å²) in [6.07, 6.45) is -0.707. The third-order valence-electron chi connectivity index (χ3n) is 2.05. The van der Waals surface area contributed by atoms with Gasteiger partial charge in [0.25, 0.3) is 0 Å². The molecule has 0 aliphatic carbocycles. The molecular weight excluding hydrogens is 275 g/mol. The van der Waals surface area contributed by atoms with Gasteiger partial charge in [0, 0.05) is 0 Å². The highest BCUT2D eigenvalue weighted by atomic mass is 32.2. The number of benzene rings is 1. The molecule has 1 atom stereocenters. The number of nitriles is 1. The van der Waals surface area contributed by atoms with Gasteiger partial charge in [-0.2, -0.15) is 5.26 Å². The topological polar surface area (TPSA) is 108 Å². The lowest BCUT2D eigenvalue weighted by Gasteiger charge is -2.21. The zero-order chi connectivity index (χ0) is 13.8. The molecule has 1 aromatic rings. The van der Waals surface area contributed by atoms with E-state index < -0.39 is 25.2 Å². The van der Waals surface area contributed by atoms with Crippen molar-refractivity contribution in [2.75, 3.05) is 12.8 Å².